The molecule has 2 saturated heterocycles. The summed E-state index contributed by atoms with van der Waals surface area (Å²) < 4.78 is 31.3. The highest BCUT2D eigenvalue weighted by molar-refractivity contribution is 7.85. The second-order valence-electron chi connectivity index (χ2n) is 13.1. The Balaban J connectivity index is 0.000000304. The van der Waals surface area contributed by atoms with Gasteiger partial charge in [-0.2, -0.15) is 8.42 Å². The van der Waals surface area contributed by atoms with Crippen LogP contribution in [0.1, 0.15) is 108 Å². The number of para-hydroxylation sites is 2. The van der Waals surface area contributed by atoms with Crippen molar-refractivity contribution in [2.45, 2.75) is 121 Å². The highest BCUT2D eigenvalue weighted by atomic mass is 32.2. The van der Waals surface area contributed by atoms with Gasteiger partial charge >= 0.3 is 5.97 Å². The first-order valence-electron chi connectivity index (χ1n) is 15.6. The zero-order valence-electron chi connectivity index (χ0n) is 24.6. The van der Waals surface area contributed by atoms with Crippen LogP contribution >= 0.6 is 0 Å². The maximum absolute atomic E-state index is 13.3. The van der Waals surface area contributed by atoms with E-state index in [-0.39, 0.29) is 31.5 Å². The van der Waals surface area contributed by atoms with Gasteiger partial charge in [0.15, 0.2) is 0 Å². The Morgan fingerprint density at radius 1 is 0.800 bits per heavy atom. The Bertz CT molecular complexity index is 1630. The topological polar surface area (TPSA) is 130 Å². The third-order valence-electron chi connectivity index (χ3n) is 10.2. The third-order valence-corrected chi connectivity index (χ3v) is 11.1. The largest absolute Gasteiger partial charge is 0.476 e. The molecule has 2 N–H and O–H groups in total. The fraction of sp³-hybridized carbons (Fsp3) is 0.571. The molecule has 10 heteroatoms. The first-order valence-corrected chi connectivity index (χ1v) is 17.1. The minimum absolute atomic E-state index is 0. The summed E-state index contributed by atoms with van der Waals surface area (Å²) in [7, 11) is -4.02. The zero-order chi connectivity index (χ0) is 30.3. The molecular weight excluding hydrogens is 590 g/mol. The SMILES string of the molecule is C.C.Cc1ccc(S(=O)(=O)O)cc1.O=C(O)c1nc2ccccc2n(C2C[C@H]3CCC[C@@H](C2)N3C2C[C@H]3CCC[C@@H](C2)C3)c1=O. The third kappa shape index (κ3) is 7.34. The van der Waals surface area contributed by atoms with Crippen molar-refractivity contribution in [3.8, 4) is 0 Å². The van der Waals surface area contributed by atoms with Crippen molar-refractivity contribution in [1.82, 2.24) is 14.5 Å². The van der Waals surface area contributed by atoms with Crippen LogP contribution in [0.25, 0.3) is 11.0 Å². The molecule has 0 spiro atoms. The fourth-order valence-corrected chi connectivity index (χ4v) is 8.98. The second kappa shape index (κ2) is 14.1. The van der Waals surface area contributed by atoms with Crippen molar-refractivity contribution in [3.63, 3.8) is 0 Å². The number of hydrogen-bond acceptors (Lipinski definition) is 6. The van der Waals surface area contributed by atoms with E-state index in [0.717, 1.165) is 35.8 Å². The number of benzene rings is 2. The van der Waals surface area contributed by atoms with Crippen LogP contribution in [0.4, 0.5) is 0 Å². The van der Waals surface area contributed by atoms with Gasteiger partial charge in [-0.15, -0.1) is 0 Å². The van der Waals surface area contributed by atoms with Crippen molar-refractivity contribution in [2.75, 3.05) is 0 Å². The maximum atomic E-state index is 13.3. The molecule has 9 nitrogen and oxygen atoms in total. The molecule has 3 aromatic rings. The van der Waals surface area contributed by atoms with Crippen LogP contribution in [0.2, 0.25) is 0 Å². The van der Waals surface area contributed by atoms with Crippen molar-refractivity contribution >= 4 is 27.1 Å². The van der Waals surface area contributed by atoms with Gasteiger partial charge in [0.05, 0.1) is 15.9 Å². The smallest absolute Gasteiger partial charge is 0.360 e. The molecule has 6 atom stereocenters. The summed E-state index contributed by atoms with van der Waals surface area (Å²) in [5.41, 5.74) is 1.53. The number of aromatic nitrogens is 2. The molecule has 45 heavy (non-hydrogen) atoms. The number of carbonyl (C=O) groups is 1. The van der Waals surface area contributed by atoms with Gasteiger partial charge in [-0.05, 0) is 88.0 Å². The van der Waals surface area contributed by atoms with Gasteiger partial charge in [0.1, 0.15) is 0 Å². The van der Waals surface area contributed by atoms with E-state index in [1.54, 1.807) is 16.7 Å². The standard InChI is InChI=1S/C26H33N3O3.C7H8O3S.2CH4/c30-25-24(26(31)32)27-22-9-1-2-10-23(22)29(25)21-14-18-7-4-8-19(15-21)28(18)20-12-16-5-3-6-17(11-16)13-20;1-6-2-4-7(5-3-6)11(8,9)10;;/h1-2,9-10,16-21H,3-8,11-15H2,(H,31,32);2-5H,1H3,(H,8,9,10);2*1H4/t16-,17+,18-,19+,20?,21?;;;. The highest BCUT2D eigenvalue weighted by Gasteiger charge is 2.45. The number of aryl methyl sites for hydroxylation is 1. The number of carboxylic acid groups (broad SMARTS) is 1. The Labute approximate surface area is 267 Å². The molecule has 2 saturated carbocycles. The van der Waals surface area contributed by atoms with Gasteiger partial charge in [-0.1, -0.05) is 70.4 Å². The van der Waals surface area contributed by atoms with Crippen molar-refractivity contribution < 1.29 is 22.9 Å². The van der Waals surface area contributed by atoms with E-state index in [2.05, 4.69) is 9.88 Å². The van der Waals surface area contributed by atoms with Crippen molar-refractivity contribution in [1.29, 1.82) is 0 Å². The molecule has 2 unspecified atom stereocenters. The predicted molar refractivity (Wildman–Crippen MR) is 177 cm³/mol. The lowest BCUT2D eigenvalue weighted by atomic mass is 9.68. The first-order chi connectivity index (χ1) is 20.6. The van der Waals surface area contributed by atoms with E-state index in [9.17, 15) is 23.1 Å². The van der Waals surface area contributed by atoms with Crippen molar-refractivity contribution in [2.24, 2.45) is 11.8 Å². The fourth-order valence-electron chi connectivity index (χ4n) is 8.50. The van der Waals surface area contributed by atoms with E-state index in [1.165, 1.54) is 69.9 Å². The van der Waals surface area contributed by atoms with Crippen LogP contribution in [-0.4, -0.2) is 56.6 Å². The molecule has 4 bridgehead atoms. The summed E-state index contributed by atoms with van der Waals surface area (Å²) in [6, 6.07) is 15.2. The van der Waals surface area contributed by atoms with Gasteiger partial charge in [-0.25, -0.2) is 9.78 Å². The second-order valence-corrected chi connectivity index (χ2v) is 14.5. The molecule has 4 fully saturated rings. The van der Waals surface area contributed by atoms with Gasteiger partial charge < -0.3 is 9.67 Å². The average molecular weight is 640 g/mol. The molecule has 1 aromatic heterocycles. The summed E-state index contributed by atoms with van der Waals surface area (Å²) in [4.78, 5) is 32.0. The number of aromatic carboxylic acids is 1. The Kier molecular flexibility index (Phi) is 10.9. The van der Waals surface area contributed by atoms with Gasteiger partial charge in [-0.3, -0.25) is 14.2 Å². The Morgan fingerprint density at radius 3 is 1.96 bits per heavy atom. The normalized spacial score (nSPS) is 27.7. The lowest BCUT2D eigenvalue weighted by molar-refractivity contribution is -0.0486. The number of fused-ring (bicyclic) bond motifs is 5. The lowest BCUT2D eigenvalue weighted by Gasteiger charge is -2.55. The predicted octanol–water partition coefficient (Wildman–Crippen LogP) is 7.14. The van der Waals surface area contributed by atoms with Crippen LogP contribution in [0.3, 0.4) is 0 Å². The molecule has 7 rings (SSSR count). The van der Waals surface area contributed by atoms with E-state index in [0.29, 0.717) is 23.6 Å². The van der Waals surface area contributed by atoms with Gasteiger partial charge in [0.25, 0.3) is 15.7 Å². The van der Waals surface area contributed by atoms with E-state index in [4.69, 9.17) is 4.55 Å². The quantitative estimate of drug-likeness (QED) is 0.288. The number of carboxylic acids is 1. The molecule has 4 aliphatic rings. The molecule has 0 radical (unpaired) electrons. The van der Waals surface area contributed by atoms with E-state index >= 15 is 0 Å². The number of hydrogen-bond donors (Lipinski definition) is 2. The maximum Gasteiger partial charge on any atom is 0.360 e. The monoisotopic (exact) mass is 639 g/mol. The van der Waals surface area contributed by atoms with Crippen LogP contribution in [0.15, 0.2) is 58.2 Å². The van der Waals surface area contributed by atoms with Crippen LogP contribution in [0, 0.1) is 18.8 Å². The summed E-state index contributed by atoms with van der Waals surface area (Å²) in [5.74, 6) is 0.590. The Morgan fingerprint density at radius 2 is 1.38 bits per heavy atom. The lowest BCUT2D eigenvalue weighted by Crippen LogP contribution is -2.58. The summed E-state index contributed by atoms with van der Waals surface area (Å²) in [6.45, 7) is 1.84. The van der Waals surface area contributed by atoms with E-state index < -0.39 is 21.6 Å². The Hall–Kier alpha value is -3.08. The summed E-state index contributed by atoms with van der Waals surface area (Å²) in [5, 5.41) is 9.62. The number of piperidine rings is 2. The molecule has 246 valence electrons. The molecule has 2 aliphatic carbocycles. The summed E-state index contributed by atoms with van der Waals surface area (Å²) in [6.07, 6.45) is 13.9. The molecule has 0 amide bonds. The zero-order valence-corrected chi connectivity index (χ0v) is 25.5. The van der Waals surface area contributed by atoms with Crippen LogP contribution in [-0.2, 0) is 10.1 Å². The van der Waals surface area contributed by atoms with Crippen LogP contribution in [0.5, 0.6) is 0 Å². The highest BCUT2D eigenvalue weighted by Crippen LogP contribution is 2.47. The number of nitrogens with zero attached hydrogens (tertiary/aromatic N) is 3. The molecule has 3 heterocycles. The minimum Gasteiger partial charge on any atom is -0.476 e. The molecule has 2 aromatic carbocycles. The first kappa shape index (κ1) is 34.8. The van der Waals surface area contributed by atoms with Crippen LogP contribution < -0.4 is 5.56 Å². The summed E-state index contributed by atoms with van der Waals surface area (Å²) >= 11 is 0. The minimum atomic E-state index is -4.02. The number of rotatable bonds is 4. The van der Waals surface area contributed by atoms with E-state index in [1.807, 2.05) is 31.2 Å². The molecule has 2 aliphatic heterocycles. The average Bonchev–Trinajstić information content (AvgIpc) is 2.96. The van der Waals surface area contributed by atoms with Crippen molar-refractivity contribution in [3.05, 3.63) is 70.1 Å². The van der Waals surface area contributed by atoms with Gasteiger partial charge in [0.2, 0.25) is 5.69 Å². The van der Waals surface area contributed by atoms with Gasteiger partial charge in [0, 0.05) is 24.2 Å². The molecular formula is C35H49N3O6S.